The molecule has 2 aromatic heterocycles. The normalized spacial score (nSPS) is 10.9. The molecule has 0 radical (unpaired) electrons. The summed E-state index contributed by atoms with van der Waals surface area (Å²) in [4.78, 5) is 50.5. The molecule has 0 unspecified atom stereocenters. The number of carbonyl (C=O) groups excluding carboxylic acids is 4. The van der Waals surface area contributed by atoms with Gasteiger partial charge in [0.1, 0.15) is 0 Å². The Hall–Kier alpha value is -3.76. The monoisotopic (exact) mass is 485 g/mol. The van der Waals surface area contributed by atoms with Gasteiger partial charge in [-0.15, -0.1) is 22.7 Å². The summed E-state index contributed by atoms with van der Waals surface area (Å²) in [6.45, 7) is -0.567. The molecule has 0 saturated carbocycles. The number of methoxy groups -OCH3 is 2. The van der Waals surface area contributed by atoms with E-state index in [0.29, 0.717) is 10.5 Å². The highest BCUT2D eigenvalue weighted by Gasteiger charge is 2.18. The van der Waals surface area contributed by atoms with Gasteiger partial charge >= 0.3 is 17.9 Å². The highest BCUT2D eigenvalue weighted by atomic mass is 32.1. The minimum atomic E-state index is -0.693. The number of rotatable bonds is 8. The molecule has 1 N–H and O–H groups in total. The maximum Gasteiger partial charge on any atom is 0.340 e. The van der Waals surface area contributed by atoms with E-state index in [9.17, 15) is 19.2 Å². The van der Waals surface area contributed by atoms with Crippen LogP contribution in [0.2, 0.25) is 0 Å². The van der Waals surface area contributed by atoms with Crippen LogP contribution < -0.4 is 5.32 Å². The smallest absolute Gasteiger partial charge is 0.340 e. The van der Waals surface area contributed by atoms with E-state index >= 15 is 0 Å². The first-order chi connectivity index (χ1) is 15.9. The number of benzene rings is 1. The number of esters is 3. The number of hydrogen-bond acceptors (Lipinski definition) is 9. The molecule has 0 aliphatic heterocycles. The summed E-state index contributed by atoms with van der Waals surface area (Å²) in [7, 11) is 2.39. The van der Waals surface area contributed by atoms with E-state index in [-0.39, 0.29) is 16.8 Å². The summed E-state index contributed by atoms with van der Waals surface area (Å²) in [5.41, 5.74) is 0.575. The van der Waals surface area contributed by atoms with Crippen LogP contribution in [0.3, 0.4) is 0 Å². The molecule has 8 nitrogen and oxygen atoms in total. The first-order valence-electron chi connectivity index (χ1n) is 9.49. The van der Waals surface area contributed by atoms with Gasteiger partial charge in [-0.3, -0.25) is 4.79 Å². The van der Waals surface area contributed by atoms with E-state index in [2.05, 4.69) is 14.8 Å². The van der Waals surface area contributed by atoms with E-state index in [0.717, 1.165) is 4.88 Å². The predicted octanol–water partition coefficient (Wildman–Crippen LogP) is 4.11. The lowest BCUT2D eigenvalue weighted by Crippen LogP contribution is -2.21. The van der Waals surface area contributed by atoms with Crippen molar-refractivity contribution in [3.05, 3.63) is 74.1 Å². The van der Waals surface area contributed by atoms with E-state index in [4.69, 9.17) is 4.74 Å². The van der Waals surface area contributed by atoms with Crippen molar-refractivity contribution in [1.29, 1.82) is 0 Å². The minimum Gasteiger partial charge on any atom is -0.465 e. The van der Waals surface area contributed by atoms with Crippen LogP contribution >= 0.6 is 22.7 Å². The highest BCUT2D eigenvalue weighted by Crippen LogP contribution is 2.26. The van der Waals surface area contributed by atoms with Gasteiger partial charge in [-0.1, -0.05) is 12.1 Å². The summed E-state index contributed by atoms with van der Waals surface area (Å²) in [5, 5.41) is 6.24. The van der Waals surface area contributed by atoms with Gasteiger partial charge in [-0.2, -0.15) is 0 Å². The Morgan fingerprint density at radius 2 is 1.55 bits per heavy atom. The van der Waals surface area contributed by atoms with Gasteiger partial charge in [0.2, 0.25) is 0 Å². The zero-order chi connectivity index (χ0) is 23.8. The van der Waals surface area contributed by atoms with E-state index in [1.807, 2.05) is 29.0 Å². The van der Waals surface area contributed by atoms with Crippen LogP contribution in [0.25, 0.3) is 11.6 Å². The largest absolute Gasteiger partial charge is 0.465 e. The fourth-order valence-corrected chi connectivity index (χ4v) is 4.14. The van der Waals surface area contributed by atoms with Crippen LogP contribution in [-0.2, 0) is 23.8 Å². The van der Waals surface area contributed by atoms with Gasteiger partial charge in [0.25, 0.3) is 5.91 Å². The molecular weight excluding hydrogens is 466 g/mol. The number of carbonyl (C=O) groups is 4. The van der Waals surface area contributed by atoms with Crippen LogP contribution in [0.15, 0.2) is 53.2 Å². The van der Waals surface area contributed by atoms with Crippen molar-refractivity contribution in [2.75, 3.05) is 26.1 Å². The summed E-state index contributed by atoms with van der Waals surface area (Å²) in [6.07, 6.45) is 1.71. The topological polar surface area (TPSA) is 108 Å². The Balaban J connectivity index is 1.72. The number of amides is 1. The average molecular weight is 486 g/mol. The van der Waals surface area contributed by atoms with Crippen molar-refractivity contribution >= 4 is 63.8 Å². The molecule has 0 fully saturated rings. The van der Waals surface area contributed by atoms with E-state index in [1.165, 1.54) is 55.1 Å². The Labute approximate surface area is 197 Å². The fourth-order valence-electron chi connectivity index (χ4n) is 2.76. The quantitative estimate of drug-likeness (QED) is 0.291. The van der Waals surface area contributed by atoms with Crippen molar-refractivity contribution in [1.82, 2.24) is 0 Å². The zero-order valence-corrected chi connectivity index (χ0v) is 19.3. The maximum absolute atomic E-state index is 12.7. The van der Waals surface area contributed by atoms with Gasteiger partial charge in [-0.05, 0) is 47.2 Å². The van der Waals surface area contributed by atoms with Crippen molar-refractivity contribution in [2.24, 2.45) is 0 Å². The van der Waals surface area contributed by atoms with Gasteiger partial charge in [-0.25, -0.2) is 14.4 Å². The standard InChI is InChI=1S/C23H19NO7S2/c1-29-21(26)14-9-15(22(27)30-2)11-16(10-14)24-20(25)13-31-23(28)18(19-6-4-8-33-19)12-17-5-3-7-32-17/h3-12H,13H2,1-2H3,(H,24,25)/b18-12+. The third kappa shape index (κ3) is 6.37. The lowest BCUT2D eigenvalue weighted by atomic mass is 10.1. The van der Waals surface area contributed by atoms with Gasteiger partial charge in [0.05, 0.1) is 30.9 Å². The van der Waals surface area contributed by atoms with E-state index < -0.39 is 30.4 Å². The third-order valence-corrected chi connectivity index (χ3v) is 5.95. The van der Waals surface area contributed by atoms with Gasteiger partial charge < -0.3 is 19.5 Å². The Bertz CT molecular complexity index is 1150. The number of anilines is 1. The van der Waals surface area contributed by atoms with Crippen LogP contribution in [0.1, 0.15) is 30.5 Å². The lowest BCUT2D eigenvalue weighted by molar-refractivity contribution is -0.141. The number of ether oxygens (including phenoxy) is 3. The predicted molar refractivity (Wildman–Crippen MR) is 125 cm³/mol. The van der Waals surface area contributed by atoms with Crippen molar-refractivity contribution in [2.45, 2.75) is 0 Å². The molecule has 10 heteroatoms. The van der Waals surface area contributed by atoms with Crippen LogP contribution in [0.4, 0.5) is 5.69 Å². The van der Waals surface area contributed by atoms with Crippen molar-refractivity contribution < 1.29 is 33.4 Å². The molecular formula is C23H19NO7S2. The molecule has 0 spiro atoms. The third-order valence-electron chi connectivity index (χ3n) is 4.23. The second kappa shape index (κ2) is 11.2. The van der Waals surface area contributed by atoms with Crippen molar-refractivity contribution in [3.8, 4) is 0 Å². The van der Waals surface area contributed by atoms with Crippen LogP contribution in [0, 0.1) is 0 Å². The van der Waals surface area contributed by atoms with Crippen molar-refractivity contribution in [3.63, 3.8) is 0 Å². The number of thiophene rings is 2. The summed E-state index contributed by atoms with van der Waals surface area (Å²) in [6, 6.07) is 11.3. The Morgan fingerprint density at radius 1 is 0.909 bits per heavy atom. The molecule has 0 aliphatic carbocycles. The van der Waals surface area contributed by atoms with Gasteiger partial charge in [0, 0.05) is 15.4 Å². The molecule has 0 atom stereocenters. The molecule has 0 aliphatic rings. The zero-order valence-electron chi connectivity index (χ0n) is 17.7. The Kier molecular flexibility index (Phi) is 8.11. The van der Waals surface area contributed by atoms with E-state index in [1.54, 1.807) is 12.1 Å². The Morgan fingerprint density at radius 3 is 2.09 bits per heavy atom. The SMILES string of the molecule is COC(=O)c1cc(NC(=O)COC(=O)/C(=C/c2cccs2)c2cccs2)cc(C(=O)OC)c1. The fraction of sp³-hybridized carbons (Fsp3) is 0.130. The van der Waals surface area contributed by atoms with Crippen LogP contribution in [0.5, 0.6) is 0 Å². The minimum absolute atomic E-state index is 0.0477. The molecule has 1 amide bonds. The maximum atomic E-state index is 12.7. The summed E-state index contributed by atoms with van der Waals surface area (Å²) in [5.74, 6) is -2.69. The molecule has 0 bridgehead atoms. The summed E-state index contributed by atoms with van der Waals surface area (Å²) < 4.78 is 14.6. The molecule has 1 aromatic carbocycles. The van der Waals surface area contributed by atoms with Crippen LogP contribution in [-0.4, -0.2) is 44.6 Å². The molecule has 33 heavy (non-hydrogen) atoms. The number of nitrogens with one attached hydrogen (secondary N) is 1. The summed E-state index contributed by atoms with van der Waals surface area (Å²) >= 11 is 2.85. The average Bonchev–Trinajstić information content (AvgIpc) is 3.54. The highest BCUT2D eigenvalue weighted by molar-refractivity contribution is 7.12. The number of hydrogen-bond donors (Lipinski definition) is 1. The molecule has 170 valence electrons. The lowest BCUT2D eigenvalue weighted by Gasteiger charge is -2.10. The molecule has 2 heterocycles. The first kappa shape index (κ1) is 23.9. The second-order valence-electron chi connectivity index (χ2n) is 6.46. The molecule has 0 saturated heterocycles. The molecule has 3 rings (SSSR count). The molecule has 3 aromatic rings. The first-order valence-corrected chi connectivity index (χ1v) is 11.2. The van der Waals surface area contributed by atoms with Gasteiger partial charge in [0.15, 0.2) is 6.61 Å². The second-order valence-corrected chi connectivity index (χ2v) is 8.38.